The van der Waals surface area contributed by atoms with Crippen LogP contribution in [0.2, 0.25) is 0 Å². The van der Waals surface area contributed by atoms with Crippen LogP contribution in [0.5, 0.6) is 5.75 Å². The van der Waals surface area contributed by atoms with E-state index in [0.29, 0.717) is 10.6 Å². The van der Waals surface area contributed by atoms with Gasteiger partial charge in [0.1, 0.15) is 5.75 Å². The van der Waals surface area contributed by atoms with E-state index in [1.807, 2.05) is 31.2 Å². The van der Waals surface area contributed by atoms with Crippen molar-refractivity contribution in [3.8, 4) is 5.75 Å². The zero-order chi connectivity index (χ0) is 20.5. The van der Waals surface area contributed by atoms with Gasteiger partial charge in [0.25, 0.3) is 0 Å². The number of allylic oxidation sites excluding steroid dienone is 2. The van der Waals surface area contributed by atoms with E-state index in [-0.39, 0.29) is 12.2 Å². The Bertz CT molecular complexity index is 1090. The van der Waals surface area contributed by atoms with Crippen molar-refractivity contribution in [2.24, 2.45) is 0 Å². The predicted octanol–water partition coefficient (Wildman–Crippen LogP) is 4.29. The van der Waals surface area contributed by atoms with E-state index in [0.717, 1.165) is 33.4 Å². The van der Waals surface area contributed by atoms with Crippen molar-refractivity contribution in [2.75, 3.05) is 12.9 Å². The highest BCUT2D eigenvalue weighted by molar-refractivity contribution is 7.91. The Balaban J connectivity index is 2.08. The van der Waals surface area contributed by atoms with Crippen molar-refractivity contribution in [3.63, 3.8) is 0 Å². The minimum atomic E-state index is -3.24. The van der Waals surface area contributed by atoms with E-state index in [4.69, 9.17) is 4.74 Å². The summed E-state index contributed by atoms with van der Waals surface area (Å²) in [6, 6.07) is 12.4. The molecule has 0 amide bonds. The van der Waals surface area contributed by atoms with Gasteiger partial charge in [-0.1, -0.05) is 25.1 Å². The van der Waals surface area contributed by atoms with Gasteiger partial charge in [-0.25, -0.2) is 8.42 Å². The van der Waals surface area contributed by atoms with Gasteiger partial charge >= 0.3 is 5.97 Å². The highest BCUT2D eigenvalue weighted by Gasteiger charge is 2.25. The lowest BCUT2D eigenvalue weighted by molar-refractivity contribution is -0.135. The fourth-order valence-corrected chi connectivity index (χ4v) is 4.26. The molecule has 0 saturated heterocycles. The molecule has 3 rings (SSSR count). The van der Waals surface area contributed by atoms with Gasteiger partial charge < -0.3 is 9.84 Å². The van der Waals surface area contributed by atoms with Crippen LogP contribution in [-0.4, -0.2) is 32.4 Å². The predicted molar refractivity (Wildman–Crippen MR) is 110 cm³/mol. The van der Waals surface area contributed by atoms with Gasteiger partial charge in [0.15, 0.2) is 9.84 Å². The lowest BCUT2D eigenvalue weighted by Crippen LogP contribution is -2.03. The van der Waals surface area contributed by atoms with Gasteiger partial charge in [-0.3, -0.25) is 4.79 Å². The topological polar surface area (TPSA) is 80.7 Å². The third kappa shape index (κ3) is 3.73. The zero-order valence-corrected chi connectivity index (χ0v) is 16.8. The van der Waals surface area contributed by atoms with Crippen LogP contribution in [-0.2, 0) is 14.6 Å². The summed E-state index contributed by atoms with van der Waals surface area (Å²) in [5, 5.41) is 9.31. The van der Waals surface area contributed by atoms with Gasteiger partial charge in [0, 0.05) is 0 Å². The molecule has 0 unspecified atom stereocenters. The first-order valence-electron chi connectivity index (χ1n) is 8.92. The Morgan fingerprint density at radius 1 is 1.11 bits per heavy atom. The van der Waals surface area contributed by atoms with Crippen LogP contribution in [0.25, 0.3) is 17.2 Å². The number of carboxylic acid groups (broad SMARTS) is 1. The van der Waals surface area contributed by atoms with Crippen LogP contribution in [0.1, 0.15) is 37.0 Å². The average molecular weight is 398 g/mol. The Kier molecular flexibility index (Phi) is 5.42. The summed E-state index contributed by atoms with van der Waals surface area (Å²) in [6.45, 7) is 3.53. The molecular weight excluding hydrogens is 376 g/mol. The SMILES string of the molecule is CCS(=O)(=O)c1ccc(C=C2C(C)=C(CC(=O)O)c3cc(OC)ccc32)cc1. The first kappa shape index (κ1) is 19.9. The highest BCUT2D eigenvalue weighted by atomic mass is 32.2. The standard InChI is InChI=1S/C22H22O5S/c1-4-28(25,26)17-8-5-15(6-9-17)11-19-14(2)20(13-22(23)24)21-12-16(27-3)7-10-18(19)21/h5-12H,4,13H2,1-3H3,(H,23,24). The van der Waals surface area contributed by atoms with E-state index in [1.165, 1.54) is 0 Å². The van der Waals surface area contributed by atoms with Crippen LogP contribution in [0.15, 0.2) is 52.9 Å². The highest BCUT2D eigenvalue weighted by Crippen LogP contribution is 2.44. The second-order valence-electron chi connectivity index (χ2n) is 6.62. The number of carboxylic acids is 1. The Hall–Kier alpha value is -2.86. The second kappa shape index (κ2) is 7.64. The summed E-state index contributed by atoms with van der Waals surface area (Å²) in [5.41, 5.74) is 5.24. The number of rotatable bonds is 6. The van der Waals surface area contributed by atoms with Gasteiger partial charge in [0.05, 0.1) is 24.2 Å². The number of ether oxygens (including phenoxy) is 1. The van der Waals surface area contributed by atoms with Crippen molar-refractivity contribution < 1.29 is 23.1 Å². The molecule has 0 fully saturated rings. The maximum Gasteiger partial charge on any atom is 0.307 e. The van der Waals surface area contributed by atoms with Crippen molar-refractivity contribution in [1.82, 2.24) is 0 Å². The van der Waals surface area contributed by atoms with Crippen LogP contribution in [0.4, 0.5) is 0 Å². The molecule has 0 bridgehead atoms. The van der Waals surface area contributed by atoms with Crippen molar-refractivity contribution in [3.05, 3.63) is 64.7 Å². The van der Waals surface area contributed by atoms with Crippen molar-refractivity contribution in [2.45, 2.75) is 25.2 Å². The molecule has 0 aromatic heterocycles. The molecule has 1 aliphatic rings. The van der Waals surface area contributed by atoms with E-state index < -0.39 is 15.8 Å². The Morgan fingerprint density at radius 2 is 1.79 bits per heavy atom. The molecule has 28 heavy (non-hydrogen) atoms. The number of hydrogen-bond donors (Lipinski definition) is 1. The molecule has 1 aliphatic carbocycles. The first-order chi connectivity index (χ1) is 13.3. The lowest BCUT2D eigenvalue weighted by atomic mass is 10.0. The molecule has 0 radical (unpaired) electrons. The molecule has 0 saturated carbocycles. The number of methoxy groups -OCH3 is 1. The largest absolute Gasteiger partial charge is 0.497 e. The molecule has 0 heterocycles. The number of aliphatic carboxylic acids is 1. The van der Waals surface area contributed by atoms with Gasteiger partial charge in [0.2, 0.25) is 0 Å². The van der Waals surface area contributed by atoms with E-state index in [1.54, 1.807) is 38.3 Å². The van der Waals surface area contributed by atoms with Crippen molar-refractivity contribution >= 4 is 33.0 Å². The second-order valence-corrected chi connectivity index (χ2v) is 8.89. The maximum absolute atomic E-state index is 12.0. The molecule has 2 aromatic carbocycles. The molecule has 6 heteroatoms. The molecular formula is C22H22O5S. The molecule has 146 valence electrons. The third-order valence-electron chi connectivity index (χ3n) is 4.96. The summed E-state index contributed by atoms with van der Waals surface area (Å²) in [4.78, 5) is 11.6. The normalized spacial score (nSPS) is 15.0. The van der Waals surface area contributed by atoms with Gasteiger partial charge in [-0.05, 0) is 70.7 Å². The average Bonchev–Trinajstić information content (AvgIpc) is 2.93. The van der Waals surface area contributed by atoms with Gasteiger partial charge in [-0.15, -0.1) is 0 Å². The number of hydrogen-bond acceptors (Lipinski definition) is 4. The summed E-state index contributed by atoms with van der Waals surface area (Å²) in [7, 11) is -1.66. The third-order valence-corrected chi connectivity index (χ3v) is 6.71. The molecule has 0 spiro atoms. The van der Waals surface area contributed by atoms with Crippen molar-refractivity contribution in [1.29, 1.82) is 0 Å². The monoisotopic (exact) mass is 398 g/mol. The van der Waals surface area contributed by atoms with E-state index in [2.05, 4.69) is 0 Å². The zero-order valence-electron chi connectivity index (χ0n) is 16.0. The number of fused-ring (bicyclic) bond motifs is 1. The van der Waals surface area contributed by atoms with Crippen LogP contribution in [0, 0.1) is 0 Å². The van der Waals surface area contributed by atoms with Gasteiger partial charge in [-0.2, -0.15) is 0 Å². The van der Waals surface area contributed by atoms with Crippen LogP contribution < -0.4 is 4.74 Å². The first-order valence-corrected chi connectivity index (χ1v) is 10.6. The summed E-state index contributed by atoms with van der Waals surface area (Å²) >= 11 is 0. The minimum Gasteiger partial charge on any atom is -0.497 e. The molecule has 5 nitrogen and oxygen atoms in total. The molecule has 1 N–H and O–H groups in total. The number of carbonyl (C=O) groups is 1. The van der Waals surface area contributed by atoms with Crippen LogP contribution in [0.3, 0.4) is 0 Å². The van der Waals surface area contributed by atoms with E-state index >= 15 is 0 Å². The summed E-state index contributed by atoms with van der Waals surface area (Å²) in [6.07, 6.45) is 1.88. The fourth-order valence-electron chi connectivity index (χ4n) is 3.37. The fraction of sp³-hybridized carbons (Fsp3) is 0.227. The van der Waals surface area contributed by atoms with E-state index in [9.17, 15) is 18.3 Å². The van der Waals surface area contributed by atoms with Crippen LogP contribution >= 0.6 is 0 Å². The Morgan fingerprint density at radius 3 is 2.36 bits per heavy atom. The smallest absolute Gasteiger partial charge is 0.307 e. The molecule has 0 atom stereocenters. The number of sulfone groups is 1. The Labute approximate surface area is 164 Å². The lowest BCUT2D eigenvalue weighted by Gasteiger charge is -2.07. The number of benzene rings is 2. The molecule has 2 aromatic rings. The molecule has 0 aliphatic heterocycles. The minimum absolute atomic E-state index is 0.0586. The quantitative estimate of drug-likeness (QED) is 0.785. The maximum atomic E-state index is 12.0. The summed E-state index contributed by atoms with van der Waals surface area (Å²) in [5.74, 6) is -0.161. The summed E-state index contributed by atoms with van der Waals surface area (Å²) < 4.78 is 29.3.